The molecule has 0 heterocycles. The van der Waals surface area contributed by atoms with E-state index in [4.69, 9.17) is 0 Å². The Balaban J connectivity index is 4.70. The van der Waals surface area contributed by atoms with E-state index in [0.717, 1.165) is 5.12 Å². The van der Waals surface area contributed by atoms with Crippen LogP contribution in [-0.4, -0.2) is 36.0 Å². The van der Waals surface area contributed by atoms with Gasteiger partial charge in [-0.25, -0.2) is 10.4 Å². The second kappa shape index (κ2) is 5.31. The average Bonchev–Trinajstić information content (AvgIpc) is 2.11. The van der Waals surface area contributed by atoms with Gasteiger partial charge in [-0.15, -0.1) is 0 Å². The van der Waals surface area contributed by atoms with Crippen LogP contribution in [0.3, 0.4) is 0 Å². The molecule has 0 rings (SSSR count). The molecule has 84 valence electrons. The number of hydrazine groups is 2. The summed E-state index contributed by atoms with van der Waals surface area (Å²) in [5.41, 5.74) is 3.08. The highest BCUT2D eigenvalue weighted by Crippen LogP contribution is 1.98. The minimum Gasteiger partial charge on any atom is -0.268 e. The number of hydrogen-bond donors (Lipinski definition) is 1. The molecule has 2 amide bonds. The maximum absolute atomic E-state index is 11.6. The number of nitrogens with one attached hydrogen (secondary N) is 1. The van der Waals surface area contributed by atoms with Crippen LogP contribution in [0.25, 0.3) is 0 Å². The summed E-state index contributed by atoms with van der Waals surface area (Å²) in [5, 5.41) is 2.54. The van der Waals surface area contributed by atoms with E-state index in [1.54, 1.807) is 27.9 Å². The third-order valence-electron chi connectivity index (χ3n) is 1.55. The lowest BCUT2D eigenvalue weighted by atomic mass is 10.3. The number of carbonyl (C=O) groups is 2. The van der Waals surface area contributed by atoms with E-state index in [1.807, 2.05) is 0 Å². The molecule has 0 aliphatic carbocycles. The summed E-state index contributed by atoms with van der Waals surface area (Å²) in [4.78, 5) is 22.9. The molecule has 1 N–H and O–H groups in total. The van der Waals surface area contributed by atoms with E-state index in [0.29, 0.717) is 11.1 Å². The number of amides is 2. The predicted molar refractivity (Wildman–Crippen MR) is 58.3 cm³/mol. The fraction of sp³-hybridized carbons (Fsp3) is 0.400. The molecule has 5 nitrogen and oxygen atoms in total. The van der Waals surface area contributed by atoms with Crippen molar-refractivity contribution in [1.82, 2.24) is 15.6 Å². The summed E-state index contributed by atoms with van der Waals surface area (Å²) in [6, 6.07) is 0. The molecule has 0 aromatic rings. The van der Waals surface area contributed by atoms with Crippen LogP contribution < -0.4 is 5.43 Å². The van der Waals surface area contributed by atoms with E-state index in [2.05, 4.69) is 18.6 Å². The van der Waals surface area contributed by atoms with Crippen LogP contribution in [0.4, 0.5) is 0 Å². The van der Waals surface area contributed by atoms with Gasteiger partial charge in [-0.05, 0) is 13.8 Å². The third-order valence-corrected chi connectivity index (χ3v) is 1.55. The minimum absolute atomic E-state index is 0.330. The molecule has 0 spiro atoms. The summed E-state index contributed by atoms with van der Waals surface area (Å²) < 4.78 is 0. The van der Waals surface area contributed by atoms with Crippen LogP contribution in [-0.2, 0) is 9.59 Å². The van der Waals surface area contributed by atoms with Gasteiger partial charge in [0.05, 0.1) is 0 Å². The Morgan fingerprint density at radius 2 is 1.53 bits per heavy atom. The van der Waals surface area contributed by atoms with Crippen molar-refractivity contribution in [1.29, 1.82) is 0 Å². The third kappa shape index (κ3) is 3.95. The molecule has 0 radical (unpaired) electrons. The van der Waals surface area contributed by atoms with Crippen LogP contribution in [0.1, 0.15) is 13.8 Å². The van der Waals surface area contributed by atoms with Crippen molar-refractivity contribution in [3.8, 4) is 0 Å². The summed E-state index contributed by atoms with van der Waals surface area (Å²) >= 11 is 0. The highest BCUT2D eigenvalue weighted by atomic mass is 16.2. The quantitative estimate of drug-likeness (QED) is 0.545. The maximum Gasteiger partial charge on any atom is 0.282 e. The van der Waals surface area contributed by atoms with Crippen molar-refractivity contribution in [3.05, 3.63) is 24.3 Å². The van der Waals surface area contributed by atoms with Gasteiger partial charge in [-0.3, -0.25) is 9.59 Å². The summed E-state index contributed by atoms with van der Waals surface area (Å²) in [6.45, 7) is 10.1. The predicted octanol–water partition coefficient (Wildman–Crippen LogP) is 0.475. The zero-order chi connectivity index (χ0) is 12.2. The maximum atomic E-state index is 11.6. The van der Waals surface area contributed by atoms with E-state index in [1.165, 1.54) is 5.01 Å². The topological polar surface area (TPSA) is 52.7 Å². The van der Waals surface area contributed by atoms with Crippen molar-refractivity contribution in [3.63, 3.8) is 0 Å². The molecular weight excluding hydrogens is 194 g/mol. The van der Waals surface area contributed by atoms with Crippen LogP contribution in [0.15, 0.2) is 24.3 Å². The first-order chi connectivity index (χ1) is 6.77. The standard InChI is InChI=1S/C10H17N3O2/c1-7(2)9(14)11-13(12(5)6)10(15)8(3)4/h1,3H2,2,4-6H3,(H,11,14). The number of nitrogens with zero attached hydrogens (tertiary/aromatic N) is 2. The molecule has 15 heavy (non-hydrogen) atoms. The molecule has 0 bridgehead atoms. The molecule has 0 atom stereocenters. The van der Waals surface area contributed by atoms with Crippen LogP contribution >= 0.6 is 0 Å². The second-order valence-corrected chi connectivity index (χ2v) is 3.47. The van der Waals surface area contributed by atoms with Crippen molar-refractivity contribution in [2.45, 2.75) is 13.8 Å². The fourth-order valence-electron chi connectivity index (χ4n) is 0.705. The molecule has 0 unspecified atom stereocenters. The Morgan fingerprint density at radius 1 is 1.07 bits per heavy atom. The van der Waals surface area contributed by atoms with Gasteiger partial charge in [0.1, 0.15) is 0 Å². The lowest BCUT2D eigenvalue weighted by Crippen LogP contribution is -2.53. The van der Waals surface area contributed by atoms with Crippen molar-refractivity contribution < 1.29 is 9.59 Å². The van der Waals surface area contributed by atoms with E-state index in [-0.39, 0.29) is 5.91 Å². The van der Waals surface area contributed by atoms with Gasteiger partial charge < -0.3 is 0 Å². The first kappa shape index (κ1) is 13.4. The second-order valence-electron chi connectivity index (χ2n) is 3.47. The molecular formula is C10H17N3O2. The van der Waals surface area contributed by atoms with Crippen LogP contribution in [0.5, 0.6) is 0 Å². The zero-order valence-electron chi connectivity index (χ0n) is 9.63. The Kier molecular flexibility index (Phi) is 4.73. The van der Waals surface area contributed by atoms with Gasteiger partial charge in [0.2, 0.25) is 0 Å². The summed E-state index contributed by atoms with van der Waals surface area (Å²) in [6.07, 6.45) is 0. The highest BCUT2D eigenvalue weighted by molar-refractivity contribution is 5.96. The van der Waals surface area contributed by atoms with Gasteiger partial charge in [0.15, 0.2) is 0 Å². The molecule has 0 aromatic heterocycles. The monoisotopic (exact) mass is 211 g/mol. The van der Waals surface area contributed by atoms with Gasteiger partial charge in [0.25, 0.3) is 11.8 Å². The van der Waals surface area contributed by atoms with Crippen LogP contribution in [0.2, 0.25) is 0 Å². The van der Waals surface area contributed by atoms with Crippen molar-refractivity contribution in [2.24, 2.45) is 0 Å². The van der Waals surface area contributed by atoms with Crippen LogP contribution in [0, 0.1) is 0 Å². The molecule has 0 aliphatic heterocycles. The normalized spacial score (nSPS) is 9.67. The van der Waals surface area contributed by atoms with E-state index in [9.17, 15) is 9.59 Å². The first-order valence-corrected chi connectivity index (χ1v) is 4.41. The Morgan fingerprint density at radius 3 is 1.80 bits per heavy atom. The van der Waals surface area contributed by atoms with Gasteiger partial charge in [-0.2, -0.15) is 5.12 Å². The molecule has 0 aliphatic rings. The lowest BCUT2D eigenvalue weighted by Gasteiger charge is -2.28. The van der Waals surface area contributed by atoms with Crippen molar-refractivity contribution >= 4 is 11.8 Å². The summed E-state index contributed by atoms with van der Waals surface area (Å²) in [5.74, 6) is -0.770. The Hall–Kier alpha value is -1.62. The molecule has 5 heteroatoms. The van der Waals surface area contributed by atoms with Crippen molar-refractivity contribution in [2.75, 3.05) is 14.1 Å². The van der Waals surface area contributed by atoms with Gasteiger partial charge in [0, 0.05) is 25.2 Å². The minimum atomic E-state index is -0.404. The van der Waals surface area contributed by atoms with E-state index >= 15 is 0 Å². The molecule has 0 saturated heterocycles. The summed E-state index contributed by atoms with van der Waals surface area (Å²) in [7, 11) is 3.28. The number of hydrogen-bond acceptors (Lipinski definition) is 3. The van der Waals surface area contributed by atoms with E-state index < -0.39 is 5.91 Å². The molecule has 0 fully saturated rings. The molecule has 0 aromatic carbocycles. The smallest absolute Gasteiger partial charge is 0.268 e. The first-order valence-electron chi connectivity index (χ1n) is 4.41. The van der Waals surface area contributed by atoms with Gasteiger partial charge >= 0.3 is 0 Å². The molecule has 0 saturated carbocycles. The number of carbonyl (C=O) groups excluding carboxylic acids is 2. The zero-order valence-corrected chi connectivity index (χ0v) is 9.63. The SMILES string of the molecule is C=C(C)C(=O)NN(C(=O)C(=C)C)N(C)C. The highest BCUT2D eigenvalue weighted by Gasteiger charge is 2.18. The fourth-order valence-corrected chi connectivity index (χ4v) is 0.705. The Bertz CT molecular complexity index is 308. The average molecular weight is 211 g/mol. The Labute approximate surface area is 90.0 Å². The largest absolute Gasteiger partial charge is 0.282 e. The lowest BCUT2D eigenvalue weighted by molar-refractivity contribution is -0.153. The van der Waals surface area contributed by atoms with Gasteiger partial charge in [-0.1, -0.05) is 13.2 Å². The number of rotatable bonds is 3.